The molecule has 1 aliphatic carbocycles. The van der Waals surface area contributed by atoms with Crippen LogP contribution in [0.25, 0.3) is 0 Å². The van der Waals surface area contributed by atoms with Gasteiger partial charge in [0.1, 0.15) is 0 Å². The van der Waals surface area contributed by atoms with Crippen molar-refractivity contribution in [3.63, 3.8) is 0 Å². The lowest BCUT2D eigenvalue weighted by Gasteiger charge is -2.19. The minimum Gasteiger partial charge on any atom is -0.489 e. The summed E-state index contributed by atoms with van der Waals surface area (Å²) in [4.78, 5) is 24.9. The number of ether oxygens (including phenoxy) is 2. The number of carbonyl (C=O) groups is 2. The normalized spacial score (nSPS) is 15.0. The maximum atomic E-state index is 12.5. The van der Waals surface area contributed by atoms with Crippen molar-refractivity contribution in [1.82, 2.24) is 0 Å². The van der Waals surface area contributed by atoms with Crippen molar-refractivity contribution >= 4 is 11.6 Å². The van der Waals surface area contributed by atoms with Gasteiger partial charge >= 0.3 is 0 Å². The zero-order valence-corrected chi connectivity index (χ0v) is 13.0. The third kappa shape index (κ3) is 3.48. The smallest absolute Gasteiger partial charge is 0.240 e. The molecule has 4 heteroatoms. The number of hydrogen-bond donors (Lipinski definition) is 0. The highest BCUT2D eigenvalue weighted by atomic mass is 16.5. The minimum atomic E-state index is -0.475. The summed E-state index contributed by atoms with van der Waals surface area (Å²) in [5, 5.41) is 0. The number of hydrogen-bond acceptors (Lipinski definition) is 4. The van der Waals surface area contributed by atoms with Crippen molar-refractivity contribution in [3.05, 3.63) is 41.2 Å². The fraction of sp³-hybridized carbons (Fsp3) is 0.278. The van der Waals surface area contributed by atoms with Gasteiger partial charge in [0.05, 0.1) is 19.8 Å². The van der Waals surface area contributed by atoms with Crippen LogP contribution < -0.4 is 0 Å². The van der Waals surface area contributed by atoms with Crippen molar-refractivity contribution in [2.45, 2.75) is 20.3 Å². The molecule has 112 valence electrons. The monoisotopic (exact) mass is 296 g/mol. The molecule has 1 aliphatic rings. The first-order chi connectivity index (χ1) is 10.5. The molecule has 4 nitrogen and oxygen atoms in total. The van der Waals surface area contributed by atoms with Gasteiger partial charge in [0.25, 0.3) is 0 Å². The van der Waals surface area contributed by atoms with Gasteiger partial charge in [-0.05, 0) is 20.3 Å². The van der Waals surface area contributed by atoms with Crippen molar-refractivity contribution in [1.29, 1.82) is 0 Å². The van der Waals surface area contributed by atoms with Gasteiger partial charge in [-0.15, -0.1) is 11.8 Å². The Morgan fingerprint density at radius 1 is 1.09 bits per heavy atom. The average molecular weight is 296 g/mol. The number of allylic oxidation sites excluding steroid dienone is 4. The van der Waals surface area contributed by atoms with Crippen molar-refractivity contribution < 1.29 is 19.1 Å². The third-order valence-corrected chi connectivity index (χ3v) is 2.88. The molecule has 0 atom stereocenters. The van der Waals surface area contributed by atoms with Crippen LogP contribution in [0.15, 0.2) is 34.3 Å². The van der Waals surface area contributed by atoms with E-state index >= 15 is 0 Å². The summed E-state index contributed by atoms with van der Waals surface area (Å²) >= 11 is 0. The number of ketones is 2. The Hall–Kier alpha value is -2.72. The topological polar surface area (TPSA) is 52.6 Å². The number of rotatable bonds is 4. The maximum absolute atomic E-state index is 12.5. The lowest BCUT2D eigenvalue weighted by molar-refractivity contribution is -0.120. The van der Waals surface area contributed by atoms with E-state index in [-0.39, 0.29) is 29.1 Å². The lowest BCUT2D eigenvalue weighted by atomic mass is 9.90. The van der Waals surface area contributed by atoms with Crippen LogP contribution in [0, 0.1) is 30.6 Å². The second-order valence-corrected chi connectivity index (χ2v) is 4.19. The van der Waals surface area contributed by atoms with Gasteiger partial charge in [0.15, 0.2) is 0 Å². The first kappa shape index (κ1) is 17.3. The summed E-state index contributed by atoms with van der Waals surface area (Å²) in [6, 6.07) is 0. The van der Waals surface area contributed by atoms with E-state index < -0.39 is 11.6 Å². The summed E-state index contributed by atoms with van der Waals surface area (Å²) < 4.78 is 10.00. The van der Waals surface area contributed by atoms with Gasteiger partial charge in [-0.3, -0.25) is 9.59 Å². The summed E-state index contributed by atoms with van der Waals surface area (Å²) in [5.41, 5.74) is 0.635. The Morgan fingerprint density at radius 2 is 1.68 bits per heavy atom. The fourth-order valence-corrected chi connectivity index (χ4v) is 1.94. The predicted molar refractivity (Wildman–Crippen MR) is 82.0 cm³/mol. The van der Waals surface area contributed by atoms with Crippen LogP contribution in [0.5, 0.6) is 0 Å². The highest BCUT2D eigenvalue weighted by Crippen LogP contribution is 2.28. The summed E-state index contributed by atoms with van der Waals surface area (Å²) in [6.45, 7) is 8.92. The van der Waals surface area contributed by atoms with Crippen LogP contribution in [0.4, 0.5) is 0 Å². The third-order valence-electron chi connectivity index (χ3n) is 2.88. The second-order valence-electron chi connectivity index (χ2n) is 4.19. The van der Waals surface area contributed by atoms with Crippen LogP contribution in [0.3, 0.4) is 0 Å². The molecule has 0 saturated heterocycles. The average Bonchev–Trinajstić information content (AvgIpc) is 2.50. The first-order valence-electron chi connectivity index (χ1n) is 6.47. The second kappa shape index (κ2) is 7.90. The number of methoxy groups -OCH3 is 2. The summed E-state index contributed by atoms with van der Waals surface area (Å²) in [7, 11) is 2.61. The highest BCUT2D eigenvalue weighted by Gasteiger charge is 2.35. The Bertz CT molecular complexity index is 710. The Balaban J connectivity index is 3.40. The Labute approximate surface area is 130 Å². The van der Waals surface area contributed by atoms with E-state index in [0.717, 1.165) is 0 Å². The molecule has 0 fully saturated rings. The van der Waals surface area contributed by atoms with Crippen molar-refractivity contribution in [3.8, 4) is 23.7 Å². The van der Waals surface area contributed by atoms with Gasteiger partial charge in [0, 0.05) is 18.1 Å². The highest BCUT2D eigenvalue weighted by molar-refractivity contribution is 6.25. The van der Waals surface area contributed by atoms with E-state index in [1.165, 1.54) is 14.2 Å². The molecular weight excluding hydrogens is 280 g/mol. The standard InChI is InChI=1S/C18H16O4/c1-6-8-12(3)10-11-14-13(9-7-2)15(19)17(21-4)18(22-5)16(14)20/h3,10H,11H2,1-2,4-5H3/b12-10-. The molecule has 0 aromatic carbocycles. The quantitative estimate of drug-likeness (QED) is 0.588. The largest absolute Gasteiger partial charge is 0.489 e. The van der Waals surface area contributed by atoms with E-state index in [4.69, 9.17) is 16.4 Å². The van der Waals surface area contributed by atoms with Crippen LogP contribution in [-0.4, -0.2) is 25.8 Å². The molecular formula is C18H16O4. The van der Waals surface area contributed by atoms with Gasteiger partial charge < -0.3 is 9.47 Å². The summed E-state index contributed by atoms with van der Waals surface area (Å²) in [6.07, 6.45) is 1.71. The molecule has 0 aromatic heterocycles. The lowest BCUT2D eigenvalue weighted by Crippen LogP contribution is -2.25. The van der Waals surface area contributed by atoms with E-state index in [1.807, 2.05) is 0 Å². The SMILES string of the molecule is [CH]/C(C#CC)=C/CC1=C(C#CC)C(=O)C(OC)=C(OC)C1=O. The van der Waals surface area contributed by atoms with E-state index in [0.29, 0.717) is 5.57 Å². The van der Waals surface area contributed by atoms with Gasteiger partial charge in [-0.2, -0.15) is 0 Å². The first-order valence-corrected chi connectivity index (χ1v) is 6.47. The molecule has 0 bridgehead atoms. The zero-order valence-electron chi connectivity index (χ0n) is 13.0. The van der Waals surface area contributed by atoms with Gasteiger partial charge in [-0.25, -0.2) is 0 Å². The molecule has 0 saturated carbocycles. The van der Waals surface area contributed by atoms with E-state index in [1.54, 1.807) is 19.9 Å². The predicted octanol–water partition coefficient (Wildman–Crippen LogP) is 2.01. The molecule has 0 unspecified atom stereocenters. The Morgan fingerprint density at radius 3 is 2.18 bits per heavy atom. The van der Waals surface area contributed by atoms with Crippen LogP contribution in [0.2, 0.25) is 0 Å². The van der Waals surface area contributed by atoms with Crippen LogP contribution in [0.1, 0.15) is 20.3 Å². The van der Waals surface area contributed by atoms with Crippen molar-refractivity contribution in [2.75, 3.05) is 14.2 Å². The minimum absolute atomic E-state index is 0.0960. The molecule has 22 heavy (non-hydrogen) atoms. The number of carbonyl (C=O) groups excluding carboxylic acids is 2. The molecule has 0 aromatic rings. The maximum Gasteiger partial charge on any atom is 0.240 e. The molecule has 0 N–H and O–H groups in total. The Kier molecular flexibility index (Phi) is 6.23. The molecule has 1 rings (SSSR count). The van der Waals surface area contributed by atoms with E-state index in [9.17, 15) is 9.59 Å². The molecule has 0 heterocycles. The number of Topliss-reactive ketones (excluding diaryl/α,β-unsaturated/α-hetero) is 2. The zero-order chi connectivity index (χ0) is 16.7. The summed E-state index contributed by atoms with van der Waals surface area (Å²) in [5.74, 6) is 9.43. The fourth-order valence-electron chi connectivity index (χ4n) is 1.94. The van der Waals surface area contributed by atoms with Crippen molar-refractivity contribution in [2.24, 2.45) is 0 Å². The molecule has 0 aliphatic heterocycles. The molecule has 0 spiro atoms. The van der Waals surface area contributed by atoms with E-state index in [2.05, 4.69) is 23.7 Å². The van der Waals surface area contributed by atoms with Gasteiger partial charge in [0.2, 0.25) is 23.1 Å². The van der Waals surface area contributed by atoms with Gasteiger partial charge in [-0.1, -0.05) is 17.9 Å². The molecule has 2 radical (unpaired) electrons. The van der Waals surface area contributed by atoms with Crippen LogP contribution in [-0.2, 0) is 19.1 Å². The van der Waals surface area contributed by atoms with Crippen LogP contribution >= 0.6 is 0 Å². The molecule has 0 amide bonds.